The zero-order chi connectivity index (χ0) is 14.7. The molecule has 0 spiro atoms. The maximum atomic E-state index is 8.82. The minimum Gasteiger partial charge on any atom is -0.304 e. The molecule has 2 rings (SSSR count). The minimum absolute atomic E-state index is 0.220. The van der Waals surface area contributed by atoms with E-state index in [0.717, 1.165) is 0 Å². The fraction of sp³-hybridized carbons (Fsp3) is 0.375. The van der Waals surface area contributed by atoms with Gasteiger partial charge in [0.25, 0.3) is 0 Å². The van der Waals surface area contributed by atoms with Gasteiger partial charge < -0.3 is 5.32 Å². The van der Waals surface area contributed by atoms with Gasteiger partial charge >= 0.3 is 0 Å². The number of hydrogen-bond donors (Lipinski definition) is 1. The smallest absolute Gasteiger partial charge is 0.0991 e. The van der Waals surface area contributed by atoms with Gasteiger partial charge in [0, 0.05) is 30.4 Å². The van der Waals surface area contributed by atoms with Crippen LogP contribution in [0.5, 0.6) is 0 Å². The maximum Gasteiger partial charge on any atom is 0.0991 e. The van der Waals surface area contributed by atoms with Gasteiger partial charge in [-0.1, -0.05) is 12.1 Å². The molecule has 1 aromatic carbocycles. The van der Waals surface area contributed by atoms with Crippen molar-refractivity contribution in [3.63, 3.8) is 0 Å². The molecule has 2 atom stereocenters. The van der Waals surface area contributed by atoms with E-state index in [1.54, 1.807) is 0 Å². The highest BCUT2D eigenvalue weighted by Crippen LogP contribution is 2.21. The molecule has 0 fully saturated rings. The molecule has 20 heavy (non-hydrogen) atoms. The van der Waals surface area contributed by atoms with Crippen LogP contribution in [0.4, 0.5) is 0 Å². The summed E-state index contributed by atoms with van der Waals surface area (Å²) in [4.78, 5) is 0. The molecule has 0 saturated carbocycles. The molecule has 2 unspecified atom stereocenters. The van der Waals surface area contributed by atoms with Crippen molar-refractivity contribution in [2.24, 2.45) is 7.05 Å². The third-order valence-electron chi connectivity index (χ3n) is 3.78. The summed E-state index contributed by atoms with van der Waals surface area (Å²) >= 11 is 0. The van der Waals surface area contributed by atoms with E-state index in [4.69, 9.17) is 5.26 Å². The van der Waals surface area contributed by atoms with Crippen molar-refractivity contribution in [1.82, 2.24) is 15.1 Å². The normalized spacial score (nSPS) is 13.8. The maximum absolute atomic E-state index is 8.82. The summed E-state index contributed by atoms with van der Waals surface area (Å²) in [6.07, 6.45) is 1.92. The van der Waals surface area contributed by atoms with Gasteiger partial charge in [-0.3, -0.25) is 4.68 Å². The second kappa shape index (κ2) is 5.89. The highest BCUT2D eigenvalue weighted by atomic mass is 15.3. The molecule has 0 radical (unpaired) electrons. The van der Waals surface area contributed by atoms with Crippen LogP contribution in [0.3, 0.4) is 0 Å². The lowest BCUT2D eigenvalue weighted by Crippen LogP contribution is -2.22. The minimum atomic E-state index is 0.220. The first kappa shape index (κ1) is 14.3. The van der Waals surface area contributed by atoms with Crippen LogP contribution in [0, 0.1) is 18.3 Å². The van der Waals surface area contributed by atoms with Crippen LogP contribution in [0.15, 0.2) is 30.5 Å². The Morgan fingerprint density at radius 1 is 1.20 bits per heavy atom. The van der Waals surface area contributed by atoms with Crippen molar-refractivity contribution in [2.45, 2.75) is 32.9 Å². The van der Waals surface area contributed by atoms with Gasteiger partial charge in [-0.05, 0) is 38.5 Å². The largest absolute Gasteiger partial charge is 0.304 e. The van der Waals surface area contributed by atoms with E-state index in [2.05, 4.69) is 37.3 Å². The lowest BCUT2D eigenvalue weighted by atomic mass is 10.0. The molecule has 104 valence electrons. The topological polar surface area (TPSA) is 53.6 Å². The van der Waals surface area contributed by atoms with E-state index in [0.29, 0.717) is 5.56 Å². The average Bonchev–Trinajstić information content (AvgIpc) is 2.79. The molecule has 0 saturated heterocycles. The average molecular weight is 268 g/mol. The zero-order valence-corrected chi connectivity index (χ0v) is 12.4. The number of nitrogens with zero attached hydrogens (tertiary/aromatic N) is 3. The number of hydrogen-bond acceptors (Lipinski definition) is 3. The van der Waals surface area contributed by atoms with Crippen LogP contribution in [0.25, 0.3) is 0 Å². The Hall–Kier alpha value is -2.12. The second-order valence-electron chi connectivity index (χ2n) is 5.15. The number of nitrogens with one attached hydrogen (secondary N) is 1. The van der Waals surface area contributed by atoms with Gasteiger partial charge in [-0.2, -0.15) is 10.4 Å². The van der Waals surface area contributed by atoms with Crippen molar-refractivity contribution in [3.8, 4) is 6.07 Å². The zero-order valence-electron chi connectivity index (χ0n) is 12.4. The quantitative estimate of drug-likeness (QED) is 0.927. The Bertz CT molecular complexity index is 619. The van der Waals surface area contributed by atoms with Crippen molar-refractivity contribution >= 4 is 0 Å². The summed E-state index contributed by atoms with van der Waals surface area (Å²) in [6, 6.07) is 10.3. The van der Waals surface area contributed by atoms with Gasteiger partial charge in [0.05, 0.1) is 17.8 Å². The first-order valence-electron chi connectivity index (χ1n) is 6.77. The monoisotopic (exact) mass is 268 g/mol. The number of benzene rings is 1. The molecule has 0 bridgehead atoms. The van der Waals surface area contributed by atoms with Crippen LogP contribution >= 0.6 is 0 Å². The second-order valence-corrected chi connectivity index (χ2v) is 5.15. The molecule has 2 aromatic rings. The summed E-state index contributed by atoms with van der Waals surface area (Å²) in [6.45, 7) is 6.35. The Kier molecular flexibility index (Phi) is 4.21. The molecule has 0 amide bonds. The Labute approximate surface area is 120 Å². The van der Waals surface area contributed by atoms with Crippen molar-refractivity contribution in [1.29, 1.82) is 5.26 Å². The molecule has 0 aliphatic heterocycles. The number of nitriles is 1. The van der Waals surface area contributed by atoms with E-state index >= 15 is 0 Å². The van der Waals surface area contributed by atoms with Gasteiger partial charge in [-0.15, -0.1) is 0 Å². The highest BCUT2D eigenvalue weighted by molar-refractivity contribution is 5.33. The van der Waals surface area contributed by atoms with Crippen LogP contribution in [-0.2, 0) is 7.05 Å². The number of rotatable bonds is 4. The molecule has 1 aromatic heterocycles. The van der Waals surface area contributed by atoms with E-state index in [9.17, 15) is 0 Å². The first-order chi connectivity index (χ1) is 9.52. The van der Waals surface area contributed by atoms with Crippen LogP contribution in [0.2, 0.25) is 0 Å². The summed E-state index contributed by atoms with van der Waals surface area (Å²) in [5.41, 5.74) is 4.26. The number of aryl methyl sites for hydroxylation is 1. The first-order valence-corrected chi connectivity index (χ1v) is 6.77. The standard InChI is InChI=1S/C16H20N4/c1-11(15-7-5-14(9-17)6-8-15)19-12(2)16-10-18-20(4)13(16)3/h5-8,10-12,19H,1-4H3. The third kappa shape index (κ3) is 2.89. The molecular weight excluding hydrogens is 248 g/mol. The van der Waals surface area contributed by atoms with Crippen molar-refractivity contribution < 1.29 is 0 Å². The van der Waals surface area contributed by atoms with Crippen molar-refractivity contribution in [2.75, 3.05) is 0 Å². The molecular formula is C16H20N4. The molecule has 0 aliphatic rings. The van der Waals surface area contributed by atoms with E-state index in [-0.39, 0.29) is 12.1 Å². The van der Waals surface area contributed by atoms with Crippen LogP contribution in [-0.4, -0.2) is 9.78 Å². The highest BCUT2D eigenvalue weighted by Gasteiger charge is 2.15. The molecule has 0 aliphatic carbocycles. The fourth-order valence-electron chi connectivity index (χ4n) is 2.35. The predicted molar refractivity (Wildman–Crippen MR) is 79.1 cm³/mol. The van der Waals surface area contributed by atoms with E-state index < -0.39 is 0 Å². The lowest BCUT2D eigenvalue weighted by molar-refractivity contribution is 0.492. The van der Waals surface area contributed by atoms with Gasteiger partial charge in [0.1, 0.15) is 0 Å². The summed E-state index contributed by atoms with van der Waals surface area (Å²) in [5.74, 6) is 0. The van der Waals surface area contributed by atoms with Gasteiger partial charge in [-0.25, -0.2) is 0 Å². The molecule has 4 heteroatoms. The van der Waals surface area contributed by atoms with Gasteiger partial charge in [0.2, 0.25) is 0 Å². The Balaban J connectivity index is 2.09. The molecule has 1 N–H and O–H groups in total. The van der Waals surface area contributed by atoms with E-state index in [1.807, 2.05) is 42.2 Å². The number of aromatic nitrogens is 2. The predicted octanol–water partition coefficient (Wildman–Crippen LogP) is 3.01. The SMILES string of the molecule is Cc1c(C(C)NC(C)c2ccc(C#N)cc2)cnn1C. The molecule has 4 nitrogen and oxygen atoms in total. The summed E-state index contributed by atoms with van der Waals surface area (Å²) < 4.78 is 1.89. The molecule has 1 heterocycles. The Morgan fingerprint density at radius 2 is 1.85 bits per heavy atom. The van der Waals surface area contributed by atoms with Gasteiger partial charge in [0.15, 0.2) is 0 Å². The fourth-order valence-corrected chi connectivity index (χ4v) is 2.35. The van der Waals surface area contributed by atoms with E-state index in [1.165, 1.54) is 16.8 Å². The Morgan fingerprint density at radius 3 is 2.35 bits per heavy atom. The van der Waals surface area contributed by atoms with Crippen molar-refractivity contribution in [3.05, 3.63) is 52.8 Å². The van der Waals surface area contributed by atoms with Crippen LogP contribution in [0.1, 0.15) is 48.3 Å². The summed E-state index contributed by atoms with van der Waals surface area (Å²) in [7, 11) is 1.95. The lowest BCUT2D eigenvalue weighted by Gasteiger charge is -2.20. The third-order valence-corrected chi connectivity index (χ3v) is 3.78. The summed E-state index contributed by atoms with van der Waals surface area (Å²) in [5, 5.41) is 16.7. The van der Waals surface area contributed by atoms with Crippen LogP contribution < -0.4 is 5.32 Å².